The summed E-state index contributed by atoms with van der Waals surface area (Å²) in [6.45, 7) is 1.82. The van der Waals surface area contributed by atoms with Crippen LogP contribution in [-0.4, -0.2) is 56.6 Å². The summed E-state index contributed by atoms with van der Waals surface area (Å²) in [6.07, 6.45) is 0.635. The molecule has 1 aromatic carbocycles. The number of esters is 1. The topological polar surface area (TPSA) is 109 Å². The molecular formula is C15H18N2O7. The lowest BCUT2D eigenvalue weighted by molar-refractivity contribution is -0.385. The molecule has 24 heavy (non-hydrogen) atoms. The highest BCUT2D eigenvalue weighted by Crippen LogP contribution is 2.38. The normalized spacial score (nSPS) is 19.8. The van der Waals surface area contributed by atoms with E-state index in [2.05, 4.69) is 5.32 Å². The smallest absolute Gasteiger partial charge is 0.338 e. The van der Waals surface area contributed by atoms with Gasteiger partial charge in [0.15, 0.2) is 0 Å². The zero-order valence-electron chi connectivity index (χ0n) is 13.1. The van der Waals surface area contributed by atoms with Gasteiger partial charge < -0.3 is 24.3 Å². The molecule has 9 heteroatoms. The van der Waals surface area contributed by atoms with Gasteiger partial charge in [-0.3, -0.25) is 10.1 Å². The number of nitro benzene ring substituents is 1. The Balaban J connectivity index is 1.92. The van der Waals surface area contributed by atoms with Crippen LogP contribution in [0.15, 0.2) is 12.1 Å². The summed E-state index contributed by atoms with van der Waals surface area (Å²) in [5.41, 5.74) is 0.165. The maximum absolute atomic E-state index is 11.8. The average Bonchev–Trinajstić information content (AvgIpc) is 2.47. The number of hydrogen-bond donors (Lipinski definition) is 1. The standard InChI is InChI=1S/C15H18N2O7/c1-21-15(18)9-4-12(16-6-10-2-3-23-10)14(17(19)20)13(5-9)24-11-7-22-8-11/h4-5,10-11,16H,2-3,6-8H2,1H3/t10-/m0/s1. The Hall–Kier alpha value is -2.39. The summed E-state index contributed by atoms with van der Waals surface area (Å²) in [6, 6.07) is 2.72. The highest BCUT2D eigenvalue weighted by atomic mass is 16.6. The van der Waals surface area contributed by atoms with Crippen LogP contribution < -0.4 is 10.1 Å². The van der Waals surface area contributed by atoms with Gasteiger partial charge in [-0.05, 0) is 12.5 Å². The average molecular weight is 338 g/mol. The van der Waals surface area contributed by atoms with Crippen molar-refractivity contribution in [1.82, 2.24) is 0 Å². The molecule has 0 bridgehead atoms. The molecule has 0 aromatic heterocycles. The molecule has 0 spiro atoms. The second kappa shape index (κ2) is 7.02. The fourth-order valence-electron chi connectivity index (χ4n) is 2.39. The Morgan fingerprint density at radius 3 is 2.71 bits per heavy atom. The number of nitrogens with one attached hydrogen (secondary N) is 1. The van der Waals surface area contributed by atoms with Crippen molar-refractivity contribution in [1.29, 1.82) is 0 Å². The van der Waals surface area contributed by atoms with Gasteiger partial charge in [0.2, 0.25) is 5.75 Å². The van der Waals surface area contributed by atoms with Crippen molar-refractivity contribution in [3.63, 3.8) is 0 Å². The molecule has 2 saturated heterocycles. The molecule has 3 rings (SSSR count). The van der Waals surface area contributed by atoms with Gasteiger partial charge in [-0.25, -0.2) is 4.79 Å². The van der Waals surface area contributed by atoms with Crippen LogP contribution in [0.1, 0.15) is 16.8 Å². The van der Waals surface area contributed by atoms with Gasteiger partial charge in [0, 0.05) is 19.2 Å². The van der Waals surface area contributed by atoms with E-state index in [1.165, 1.54) is 19.2 Å². The van der Waals surface area contributed by atoms with Gasteiger partial charge in [0.05, 0.1) is 36.9 Å². The van der Waals surface area contributed by atoms with Gasteiger partial charge in [0.1, 0.15) is 11.8 Å². The number of hydrogen-bond acceptors (Lipinski definition) is 8. The van der Waals surface area contributed by atoms with Crippen molar-refractivity contribution in [2.24, 2.45) is 0 Å². The first-order chi connectivity index (χ1) is 11.6. The second-order valence-corrected chi connectivity index (χ2v) is 5.56. The number of benzene rings is 1. The van der Waals surface area contributed by atoms with Crippen molar-refractivity contribution in [2.45, 2.75) is 18.6 Å². The monoisotopic (exact) mass is 338 g/mol. The molecule has 1 N–H and O–H groups in total. The number of methoxy groups -OCH3 is 1. The zero-order chi connectivity index (χ0) is 17.1. The van der Waals surface area contributed by atoms with Gasteiger partial charge in [-0.15, -0.1) is 0 Å². The first kappa shape index (κ1) is 16.5. The molecule has 2 aliphatic rings. The fourth-order valence-corrected chi connectivity index (χ4v) is 2.39. The zero-order valence-corrected chi connectivity index (χ0v) is 13.1. The van der Waals surface area contributed by atoms with Crippen LogP contribution in [0, 0.1) is 10.1 Å². The van der Waals surface area contributed by atoms with Crippen LogP contribution in [0.3, 0.4) is 0 Å². The van der Waals surface area contributed by atoms with Gasteiger partial charge in [-0.1, -0.05) is 0 Å². The molecular weight excluding hydrogens is 320 g/mol. The number of nitrogens with zero attached hydrogens (tertiary/aromatic N) is 1. The Labute approximate surface area is 138 Å². The van der Waals surface area contributed by atoms with E-state index < -0.39 is 10.9 Å². The largest absolute Gasteiger partial charge is 0.478 e. The van der Waals surface area contributed by atoms with Crippen molar-refractivity contribution < 1.29 is 28.7 Å². The van der Waals surface area contributed by atoms with Crippen LogP contribution in [0.4, 0.5) is 11.4 Å². The van der Waals surface area contributed by atoms with E-state index in [1.807, 2.05) is 0 Å². The number of anilines is 1. The van der Waals surface area contributed by atoms with Crippen molar-refractivity contribution in [3.8, 4) is 5.75 Å². The molecule has 0 unspecified atom stereocenters. The van der Waals surface area contributed by atoms with Gasteiger partial charge in [0.25, 0.3) is 0 Å². The molecule has 1 aromatic rings. The summed E-state index contributed by atoms with van der Waals surface area (Å²) < 4.78 is 20.6. The Bertz CT molecular complexity index is 641. The van der Waals surface area contributed by atoms with Crippen molar-refractivity contribution in [3.05, 3.63) is 27.8 Å². The number of rotatable bonds is 7. The molecule has 2 aliphatic heterocycles. The van der Waals surface area contributed by atoms with Crippen LogP contribution in [0.5, 0.6) is 5.75 Å². The maximum atomic E-state index is 11.8. The van der Waals surface area contributed by atoms with E-state index in [4.69, 9.17) is 18.9 Å². The Morgan fingerprint density at radius 1 is 1.46 bits per heavy atom. The fraction of sp³-hybridized carbons (Fsp3) is 0.533. The van der Waals surface area contributed by atoms with E-state index in [0.29, 0.717) is 26.4 Å². The summed E-state index contributed by atoms with van der Waals surface area (Å²) in [4.78, 5) is 22.8. The van der Waals surface area contributed by atoms with Crippen LogP contribution in [-0.2, 0) is 14.2 Å². The third-order valence-electron chi connectivity index (χ3n) is 3.89. The molecule has 0 radical (unpaired) electrons. The number of ether oxygens (including phenoxy) is 4. The first-order valence-corrected chi connectivity index (χ1v) is 7.59. The van der Waals surface area contributed by atoms with E-state index in [1.54, 1.807) is 0 Å². The molecule has 130 valence electrons. The minimum absolute atomic E-state index is 0.00999. The minimum Gasteiger partial charge on any atom is -0.478 e. The predicted octanol–water partition coefficient (Wildman–Crippen LogP) is 1.36. The van der Waals surface area contributed by atoms with E-state index in [0.717, 1.165) is 6.42 Å². The Kier molecular flexibility index (Phi) is 4.81. The van der Waals surface area contributed by atoms with Crippen molar-refractivity contribution >= 4 is 17.3 Å². The summed E-state index contributed by atoms with van der Waals surface area (Å²) in [5.74, 6) is -0.573. The van der Waals surface area contributed by atoms with Gasteiger partial charge >= 0.3 is 11.7 Å². The number of carbonyl (C=O) groups excluding carboxylic acids is 1. The van der Waals surface area contributed by atoms with E-state index >= 15 is 0 Å². The highest BCUT2D eigenvalue weighted by Gasteiger charge is 2.30. The summed E-state index contributed by atoms with van der Waals surface area (Å²) in [7, 11) is 1.25. The van der Waals surface area contributed by atoms with E-state index in [-0.39, 0.29) is 34.9 Å². The van der Waals surface area contributed by atoms with Crippen LogP contribution in [0.2, 0.25) is 0 Å². The second-order valence-electron chi connectivity index (χ2n) is 5.56. The minimum atomic E-state index is -0.595. The quantitative estimate of drug-likeness (QED) is 0.451. The molecule has 2 fully saturated rings. The highest BCUT2D eigenvalue weighted by molar-refractivity contribution is 5.93. The number of carbonyl (C=O) groups is 1. The molecule has 0 saturated carbocycles. The van der Waals surface area contributed by atoms with Gasteiger partial charge in [-0.2, -0.15) is 0 Å². The molecule has 0 amide bonds. The number of nitro groups is 1. The molecule has 9 nitrogen and oxygen atoms in total. The summed E-state index contributed by atoms with van der Waals surface area (Å²) >= 11 is 0. The van der Waals surface area contributed by atoms with Crippen LogP contribution >= 0.6 is 0 Å². The molecule has 1 atom stereocenters. The predicted molar refractivity (Wildman–Crippen MR) is 82.5 cm³/mol. The molecule has 2 heterocycles. The maximum Gasteiger partial charge on any atom is 0.338 e. The lowest BCUT2D eigenvalue weighted by Crippen LogP contribution is -2.38. The lowest BCUT2D eigenvalue weighted by atomic mass is 10.1. The first-order valence-electron chi connectivity index (χ1n) is 7.59. The Morgan fingerprint density at radius 2 is 2.21 bits per heavy atom. The van der Waals surface area contributed by atoms with E-state index in [9.17, 15) is 14.9 Å². The SMILES string of the molecule is COC(=O)c1cc(NC[C@@H]2CCO2)c([N+](=O)[O-])c(OC2COC2)c1. The summed E-state index contributed by atoms with van der Waals surface area (Å²) in [5, 5.41) is 14.5. The third kappa shape index (κ3) is 3.41. The van der Waals surface area contributed by atoms with Crippen molar-refractivity contribution in [2.75, 3.05) is 38.8 Å². The van der Waals surface area contributed by atoms with Crippen LogP contribution in [0.25, 0.3) is 0 Å². The third-order valence-corrected chi connectivity index (χ3v) is 3.89. The lowest BCUT2D eigenvalue weighted by Gasteiger charge is -2.28. The molecule has 0 aliphatic carbocycles.